The van der Waals surface area contributed by atoms with Gasteiger partial charge in [0, 0.05) is 6.61 Å². The monoisotopic (exact) mass is 262 g/mol. The minimum Gasteiger partial charge on any atom is -0.459 e. The van der Waals surface area contributed by atoms with E-state index in [9.17, 15) is 9.82 Å². The van der Waals surface area contributed by atoms with Crippen molar-refractivity contribution < 1.29 is 23.9 Å². The molecular weight excluding hydrogens is 247 g/mol. The lowest BCUT2D eigenvalue weighted by molar-refractivity contribution is 0.0161. The van der Waals surface area contributed by atoms with E-state index in [-0.39, 0.29) is 12.7 Å². The summed E-state index contributed by atoms with van der Waals surface area (Å²) in [5.41, 5.74) is 1.98. The minimum absolute atomic E-state index is 0.0206. The number of rotatable bonds is 3. The molecule has 2 aliphatic rings. The summed E-state index contributed by atoms with van der Waals surface area (Å²) in [6.45, 7) is 1.40. The first-order valence-electron chi connectivity index (χ1n) is 6.45. The van der Waals surface area contributed by atoms with Gasteiger partial charge in [-0.2, -0.15) is 0 Å². The molecule has 0 amide bonds. The molecule has 100 valence electrons. The maximum absolute atomic E-state index is 11.9. The zero-order valence-corrected chi connectivity index (χ0v) is 10.5. The van der Waals surface area contributed by atoms with E-state index >= 15 is 0 Å². The van der Waals surface area contributed by atoms with Gasteiger partial charge in [0.2, 0.25) is 0 Å². The van der Waals surface area contributed by atoms with E-state index in [1.54, 1.807) is 18.2 Å². The quantitative estimate of drug-likeness (QED) is 0.624. The summed E-state index contributed by atoms with van der Waals surface area (Å²) in [5.74, 6) is -0.391. The standard InChI is InChI=1S/C13H15BO5/c15-13(18-8-11-2-1-5-17-11)9-3-4-10-7-19-14(16)12(10)6-9/h3-4,6,11,16H,1-2,5,7-8H2. The molecule has 19 heavy (non-hydrogen) atoms. The maximum atomic E-state index is 11.9. The lowest BCUT2D eigenvalue weighted by atomic mass is 9.79. The van der Waals surface area contributed by atoms with Crippen molar-refractivity contribution in [2.24, 2.45) is 0 Å². The molecule has 0 spiro atoms. The predicted molar refractivity (Wildman–Crippen MR) is 68.1 cm³/mol. The molecule has 5 nitrogen and oxygen atoms in total. The summed E-state index contributed by atoms with van der Waals surface area (Å²) in [5, 5.41) is 9.60. The van der Waals surface area contributed by atoms with E-state index in [1.165, 1.54) is 0 Å². The minimum atomic E-state index is -0.944. The Morgan fingerprint density at radius 2 is 2.42 bits per heavy atom. The van der Waals surface area contributed by atoms with Gasteiger partial charge in [0.05, 0.1) is 18.3 Å². The number of hydrogen-bond acceptors (Lipinski definition) is 5. The number of carbonyl (C=O) groups is 1. The number of carbonyl (C=O) groups excluding carboxylic acids is 1. The number of hydrogen-bond donors (Lipinski definition) is 1. The van der Waals surface area contributed by atoms with Gasteiger partial charge in [-0.25, -0.2) is 4.79 Å². The van der Waals surface area contributed by atoms with Crippen LogP contribution in [0.4, 0.5) is 0 Å². The van der Waals surface area contributed by atoms with Crippen LogP contribution < -0.4 is 5.46 Å². The lowest BCUT2D eigenvalue weighted by Crippen LogP contribution is -2.29. The summed E-state index contributed by atoms with van der Waals surface area (Å²) >= 11 is 0. The van der Waals surface area contributed by atoms with Gasteiger partial charge in [0.15, 0.2) is 0 Å². The molecule has 1 aromatic carbocycles. The van der Waals surface area contributed by atoms with Crippen molar-refractivity contribution in [2.45, 2.75) is 25.6 Å². The van der Waals surface area contributed by atoms with E-state index in [0.29, 0.717) is 17.6 Å². The highest BCUT2D eigenvalue weighted by molar-refractivity contribution is 6.61. The molecule has 0 saturated carbocycles. The van der Waals surface area contributed by atoms with Gasteiger partial charge in [-0.3, -0.25) is 0 Å². The first-order chi connectivity index (χ1) is 9.24. The van der Waals surface area contributed by atoms with E-state index in [1.807, 2.05) is 0 Å². The van der Waals surface area contributed by atoms with Crippen molar-refractivity contribution in [3.05, 3.63) is 29.3 Å². The lowest BCUT2D eigenvalue weighted by Gasteiger charge is -2.10. The Hall–Kier alpha value is -1.37. The Balaban J connectivity index is 1.65. The fraction of sp³-hybridized carbons (Fsp3) is 0.462. The fourth-order valence-corrected chi connectivity index (χ4v) is 2.37. The fourth-order valence-electron chi connectivity index (χ4n) is 2.37. The third-order valence-electron chi connectivity index (χ3n) is 3.47. The van der Waals surface area contributed by atoms with Crippen LogP contribution in [0.2, 0.25) is 0 Å². The van der Waals surface area contributed by atoms with Crippen molar-refractivity contribution in [1.29, 1.82) is 0 Å². The second-order valence-corrected chi connectivity index (χ2v) is 4.81. The smallest absolute Gasteiger partial charge is 0.459 e. The highest BCUT2D eigenvalue weighted by Crippen LogP contribution is 2.14. The SMILES string of the molecule is O=C(OCC1CCCO1)c1ccc2c(c1)B(O)OC2. The van der Waals surface area contributed by atoms with Crippen LogP contribution in [0.15, 0.2) is 18.2 Å². The van der Waals surface area contributed by atoms with Gasteiger partial charge in [0.1, 0.15) is 6.61 Å². The summed E-state index contributed by atoms with van der Waals surface area (Å²) in [6, 6.07) is 5.11. The molecule has 0 bridgehead atoms. The van der Waals surface area contributed by atoms with Crippen molar-refractivity contribution >= 4 is 18.6 Å². The molecule has 1 N–H and O–H groups in total. The summed E-state index contributed by atoms with van der Waals surface area (Å²) in [7, 11) is -0.944. The predicted octanol–water partition coefficient (Wildman–Crippen LogP) is 0.240. The average Bonchev–Trinajstić information content (AvgIpc) is 3.06. The Morgan fingerprint density at radius 1 is 1.53 bits per heavy atom. The first kappa shape index (κ1) is 12.7. The van der Waals surface area contributed by atoms with Crippen molar-refractivity contribution in [1.82, 2.24) is 0 Å². The molecular formula is C13H15BO5. The van der Waals surface area contributed by atoms with Crippen LogP contribution in [0.25, 0.3) is 0 Å². The highest BCUT2D eigenvalue weighted by Gasteiger charge is 2.28. The summed E-state index contributed by atoms with van der Waals surface area (Å²) < 4.78 is 15.7. The third-order valence-corrected chi connectivity index (χ3v) is 3.47. The molecule has 6 heteroatoms. The topological polar surface area (TPSA) is 65.0 Å². The number of esters is 1. The molecule has 1 atom stereocenters. The Labute approximate surface area is 111 Å². The first-order valence-corrected chi connectivity index (χ1v) is 6.45. The molecule has 1 unspecified atom stereocenters. The van der Waals surface area contributed by atoms with E-state index in [4.69, 9.17) is 14.1 Å². The van der Waals surface area contributed by atoms with Crippen LogP contribution in [-0.4, -0.2) is 37.4 Å². The van der Waals surface area contributed by atoms with Gasteiger partial charge in [-0.15, -0.1) is 0 Å². The second kappa shape index (κ2) is 5.32. The molecule has 0 aromatic heterocycles. The Bertz CT molecular complexity index is 484. The van der Waals surface area contributed by atoms with Gasteiger partial charge < -0.3 is 19.2 Å². The van der Waals surface area contributed by atoms with Gasteiger partial charge in [-0.1, -0.05) is 6.07 Å². The number of ether oxygens (including phenoxy) is 2. The van der Waals surface area contributed by atoms with Crippen molar-refractivity contribution in [2.75, 3.05) is 13.2 Å². The average molecular weight is 262 g/mol. The molecule has 2 heterocycles. The van der Waals surface area contributed by atoms with E-state index in [0.717, 1.165) is 25.0 Å². The zero-order chi connectivity index (χ0) is 13.2. The molecule has 2 aliphatic heterocycles. The van der Waals surface area contributed by atoms with Crippen LogP contribution in [0, 0.1) is 0 Å². The van der Waals surface area contributed by atoms with Crippen LogP contribution in [0.1, 0.15) is 28.8 Å². The van der Waals surface area contributed by atoms with Gasteiger partial charge in [0.25, 0.3) is 0 Å². The maximum Gasteiger partial charge on any atom is 0.491 e. The second-order valence-electron chi connectivity index (χ2n) is 4.81. The molecule has 3 rings (SSSR count). The van der Waals surface area contributed by atoms with Gasteiger partial charge in [-0.05, 0) is 36.0 Å². The normalized spacial score (nSPS) is 21.5. The van der Waals surface area contributed by atoms with E-state index in [2.05, 4.69) is 0 Å². The largest absolute Gasteiger partial charge is 0.491 e. The van der Waals surface area contributed by atoms with Crippen LogP contribution in [0.5, 0.6) is 0 Å². The zero-order valence-electron chi connectivity index (χ0n) is 10.5. The van der Waals surface area contributed by atoms with Crippen molar-refractivity contribution in [3.63, 3.8) is 0 Å². The molecule has 1 aromatic rings. The third kappa shape index (κ3) is 2.65. The number of benzene rings is 1. The van der Waals surface area contributed by atoms with E-state index < -0.39 is 13.1 Å². The highest BCUT2D eigenvalue weighted by atomic mass is 16.6. The number of fused-ring (bicyclic) bond motifs is 1. The Morgan fingerprint density at radius 3 is 3.21 bits per heavy atom. The summed E-state index contributed by atoms with van der Waals surface area (Å²) in [4.78, 5) is 11.9. The van der Waals surface area contributed by atoms with Crippen LogP contribution in [-0.2, 0) is 20.7 Å². The molecule has 1 fully saturated rings. The summed E-state index contributed by atoms with van der Waals surface area (Å²) in [6.07, 6.45) is 1.97. The molecule has 0 radical (unpaired) electrons. The van der Waals surface area contributed by atoms with Crippen LogP contribution in [0.3, 0.4) is 0 Å². The molecule has 1 saturated heterocycles. The van der Waals surface area contributed by atoms with Crippen LogP contribution >= 0.6 is 0 Å². The molecule has 0 aliphatic carbocycles. The van der Waals surface area contributed by atoms with Gasteiger partial charge >= 0.3 is 13.1 Å². The Kier molecular flexibility index (Phi) is 3.55. The van der Waals surface area contributed by atoms with Crippen molar-refractivity contribution in [3.8, 4) is 0 Å².